The SMILES string of the molecule is Cc1nc(SC[C@H](C)O)oc1C. The molecule has 0 spiro atoms. The van der Waals surface area contributed by atoms with Gasteiger partial charge in [0.15, 0.2) is 0 Å². The summed E-state index contributed by atoms with van der Waals surface area (Å²) in [6.07, 6.45) is -0.317. The molecule has 12 heavy (non-hydrogen) atoms. The molecule has 0 saturated heterocycles. The van der Waals surface area contributed by atoms with Crippen LogP contribution in [0, 0.1) is 13.8 Å². The quantitative estimate of drug-likeness (QED) is 0.732. The van der Waals surface area contributed by atoms with Gasteiger partial charge in [-0.15, -0.1) is 0 Å². The van der Waals surface area contributed by atoms with Crippen LogP contribution in [-0.4, -0.2) is 21.9 Å². The number of thioether (sulfide) groups is 1. The van der Waals surface area contributed by atoms with Gasteiger partial charge in [0.05, 0.1) is 11.8 Å². The molecule has 68 valence electrons. The summed E-state index contributed by atoms with van der Waals surface area (Å²) in [6, 6.07) is 0. The number of aryl methyl sites for hydroxylation is 2. The van der Waals surface area contributed by atoms with Gasteiger partial charge in [-0.3, -0.25) is 0 Å². The number of aromatic nitrogens is 1. The maximum Gasteiger partial charge on any atom is 0.256 e. The van der Waals surface area contributed by atoms with Crippen molar-refractivity contribution in [2.45, 2.75) is 32.1 Å². The van der Waals surface area contributed by atoms with E-state index < -0.39 is 0 Å². The number of nitrogens with zero attached hydrogens (tertiary/aromatic N) is 1. The third kappa shape index (κ3) is 2.53. The fourth-order valence-electron chi connectivity index (χ4n) is 0.697. The first-order valence-electron chi connectivity index (χ1n) is 3.84. The summed E-state index contributed by atoms with van der Waals surface area (Å²) in [6.45, 7) is 5.54. The Hall–Kier alpha value is -0.480. The van der Waals surface area contributed by atoms with Gasteiger partial charge >= 0.3 is 0 Å². The van der Waals surface area contributed by atoms with Crippen molar-refractivity contribution in [1.82, 2.24) is 4.98 Å². The fraction of sp³-hybridized carbons (Fsp3) is 0.625. The monoisotopic (exact) mass is 187 g/mol. The Kier molecular flexibility index (Phi) is 3.17. The van der Waals surface area contributed by atoms with E-state index in [-0.39, 0.29) is 6.10 Å². The predicted molar refractivity (Wildman–Crippen MR) is 48.4 cm³/mol. The molecule has 0 saturated carbocycles. The van der Waals surface area contributed by atoms with Gasteiger partial charge in [0, 0.05) is 5.75 Å². The molecule has 4 heteroatoms. The third-order valence-electron chi connectivity index (χ3n) is 1.46. The van der Waals surface area contributed by atoms with Crippen LogP contribution in [0.2, 0.25) is 0 Å². The second-order valence-electron chi connectivity index (χ2n) is 2.78. The lowest BCUT2D eigenvalue weighted by Gasteiger charge is -1.98. The summed E-state index contributed by atoms with van der Waals surface area (Å²) in [5.74, 6) is 1.47. The molecule has 0 amide bonds. The van der Waals surface area contributed by atoms with Gasteiger partial charge in [-0.1, -0.05) is 11.8 Å². The normalized spacial score (nSPS) is 13.3. The Bertz CT molecular complexity index is 238. The lowest BCUT2D eigenvalue weighted by atomic mass is 10.4. The molecule has 0 radical (unpaired) electrons. The fourth-order valence-corrected chi connectivity index (χ4v) is 1.47. The summed E-state index contributed by atoms with van der Waals surface area (Å²) in [7, 11) is 0. The molecule has 0 aliphatic carbocycles. The van der Waals surface area contributed by atoms with Crippen LogP contribution in [0.3, 0.4) is 0 Å². The van der Waals surface area contributed by atoms with Crippen molar-refractivity contribution in [3.63, 3.8) is 0 Å². The molecule has 1 aromatic rings. The summed E-state index contributed by atoms with van der Waals surface area (Å²) in [5, 5.41) is 9.64. The van der Waals surface area contributed by atoms with Crippen LogP contribution in [0.25, 0.3) is 0 Å². The van der Waals surface area contributed by atoms with Crippen molar-refractivity contribution in [1.29, 1.82) is 0 Å². The highest BCUT2D eigenvalue weighted by atomic mass is 32.2. The zero-order chi connectivity index (χ0) is 9.14. The first kappa shape index (κ1) is 9.61. The zero-order valence-corrected chi connectivity index (χ0v) is 8.31. The van der Waals surface area contributed by atoms with E-state index in [4.69, 9.17) is 9.52 Å². The number of rotatable bonds is 3. The van der Waals surface area contributed by atoms with E-state index >= 15 is 0 Å². The van der Waals surface area contributed by atoms with Crippen LogP contribution in [0.4, 0.5) is 0 Å². The van der Waals surface area contributed by atoms with E-state index in [1.165, 1.54) is 11.8 Å². The molecule has 0 aliphatic rings. The molecule has 3 nitrogen and oxygen atoms in total. The van der Waals surface area contributed by atoms with Gasteiger partial charge < -0.3 is 9.52 Å². The molecule has 0 aliphatic heterocycles. The third-order valence-corrected chi connectivity index (χ3v) is 2.53. The maximum absolute atomic E-state index is 9.00. The van der Waals surface area contributed by atoms with Gasteiger partial charge in [0.25, 0.3) is 5.22 Å². The van der Waals surface area contributed by atoms with Crippen molar-refractivity contribution in [3.8, 4) is 0 Å². The lowest BCUT2D eigenvalue weighted by Crippen LogP contribution is -2.02. The molecule has 1 atom stereocenters. The Morgan fingerprint density at radius 1 is 1.58 bits per heavy atom. The molecule has 1 heterocycles. The lowest BCUT2D eigenvalue weighted by molar-refractivity contribution is 0.220. The van der Waals surface area contributed by atoms with Gasteiger partial charge in [0.1, 0.15) is 5.76 Å². The first-order valence-corrected chi connectivity index (χ1v) is 4.83. The van der Waals surface area contributed by atoms with Gasteiger partial charge in [-0.25, -0.2) is 4.98 Å². The van der Waals surface area contributed by atoms with E-state index in [9.17, 15) is 0 Å². The Balaban J connectivity index is 2.53. The number of aliphatic hydroxyl groups is 1. The van der Waals surface area contributed by atoms with E-state index in [0.29, 0.717) is 11.0 Å². The van der Waals surface area contributed by atoms with E-state index in [2.05, 4.69) is 4.98 Å². The van der Waals surface area contributed by atoms with Crippen molar-refractivity contribution in [3.05, 3.63) is 11.5 Å². The summed E-state index contributed by atoms with van der Waals surface area (Å²) in [4.78, 5) is 4.17. The minimum Gasteiger partial charge on any atom is -0.437 e. The number of hydrogen-bond acceptors (Lipinski definition) is 4. The molecule has 0 fully saturated rings. The van der Waals surface area contributed by atoms with Crippen molar-refractivity contribution < 1.29 is 9.52 Å². The topological polar surface area (TPSA) is 46.3 Å². The van der Waals surface area contributed by atoms with E-state index in [1.54, 1.807) is 6.92 Å². The van der Waals surface area contributed by atoms with Crippen LogP contribution >= 0.6 is 11.8 Å². The maximum atomic E-state index is 9.00. The Labute approximate surface area is 76.2 Å². The summed E-state index contributed by atoms with van der Waals surface area (Å²) in [5.41, 5.74) is 0.920. The van der Waals surface area contributed by atoms with Crippen molar-refractivity contribution in [2.75, 3.05) is 5.75 Å². The standard InChI is InChI=1S/C8H13NO2S/c1-5(10)4-12-8-9-6(2)7(3)11-8/h5,10H,4H2,1-3H3/t5-/m0/s1. The number of oxazole rings is 1. The smallest absolute Gasteiger partial charge is 0.256 e. The van der Waals surface area contributed by atoms with Crippen LogP contribution < -0.4 is 0 Å². The predicted octanol–water partition coefficient (Wildman–Crippen LogP) is 1.76. The first-order chi connectivity index (χ1) is 5.59. The second kappa shape index (κ2) is 3.96. The van der Waals surface area contributed by atoms with Crippen molar-refractivity contribution in [2.24, 2.45) is 0 Å². The van der Waals surface area contributed by atoms with Gasteiger partial charge in [-0.2, -0.15) is 0 Å². The average Bonchev–Trinajstić information content (AvgIpc) is 2.28. The molecule has 0 unspecified atom stereocenters. The highest BCUT2D eigenvalue weighted by molar-refractivity contribution is 7.99. The van der Waals surface area contributed by atoms with Crippen LogP contribution in [0.5, 0.6) is 0 Å². The minimum atomic E-state index is -0.317. The van der Waals surface area contributed by atoms with Crippen LogP contribution in [-0.2, 0) is 0 Å². The highest BCUT2D eigenvalue weighted by Gasteiger charge is 2.06. The van der Waals surface area contributed by atoms with Gasteiger partial charge in [-0.05, 0) is 20.8 Å². The summed E-state index contributed by atoms with van der Waals surface area (Å²) < 4.78 is 5.31. The van der Waals surface area contributed by atoms with Gasteiger partial charge in [0.2, 0.25) is 0 Å². The average molecular weight is 187 g/mol. The molecule has 1 rings (SSSR count). The molecular weight excluding hydrogens is 174 g/mol. The molecule has 1 aromatic heterocycles. The highest BCUT2D eigenvalue weighted by Crippen LogP contribution is 2.20. The minimum absolute atomic E-state index is 0.317. The Morgan fingerprint density at radius 2 is 2.25 bits per heavy atom. The Morgan fingerprint density at radius 3 is 2.67 bits per heavy atom. The van der Waals surface area contributed by atoms with E-state index in [1.807, 2.05) is 13.8 Å². The second-order valence-corrected chi connectivity index (χ2v) is 3.75. The number of hydrogen-bond donors (Lipinski definition) is 1. The van der Waals surface area contributed by atoms with E-state index in [0.717, 1.165) is 11.5 Å². The van der Waals surface area contributed by atoms with Crippen molar-refractivity contribution >= 4 is 11.8 Å². The van der Waals surface area contributed by atoms with Crippen LogP contribution in [0.15, 0.2) is 9.64 Å². The molecule has 0 bridgehead atoms. The number of aliphatic hydroxyl groups excluding tert-OH is 1. The largest absolute Gasteiger partial charge is 0.437 e. The molecular formula is C8H13NO2S. The summed E-state index contributed by atoms with van der Waals surface area (Å²) >= 11 is 1.44. The zero-order valence-electron chi connectivity index (χ0n) is 7.50. The molecule has 1 N–H and O–H groups in total. The molecule has 0 aromatic carbocycles. The van der Waals surface area contributed by atoms with Crippen LogP contribution in [0.1, 0.15) is 18.4 Å².